The molecular formula is C11H14ClFN2O. The van der Waals surface area contributed by atoms with Crippen molar-refractivity contribution in [2.45, 2.75) is 12.8 Å². The van der Waals surface area contributed by atoms with Gasteiger partial charge in [0.25, 0.3) is 0 Å². The number of nitrogens with two attached hydrogens (primary N) is 1. The Morgan fingerprint density at radius 1 is 1.50 bits per heavy atom. The SMILES string of the molecule is NCCNC(=O)CCc1c(F)cccc1Cl. The summed E-state index contributed by atoms with van der Waals surface area (Å²) in [6.45, 7) is 0.829. The van der Waals surface area contributed by atoms with Crippen molar-refractivity contribution in [1.29, 1.82) is 0 Å². The molecule has 0 aliphatic rings. The topological polar surface area (TPSA) is 55.1 Å². The minimum absolute atomic E-state index is 0.148. The molecule has 0 bridgehead atoms. The molecule has 5 heteroatoms. The molecule has 0 saturated heterocycles. The van der Waals surface area contributed by atoms with E-state index < -0.39 is 0 Å². The highest BCUT2D eigenvalue weighted by molar-refractivity contribution is 6.31. The molecule has 0 aliphatic carbocycles. The average Bonchev–Trinajstić information content (AvgIpc) is 2.25. The second kappa shape index (κ2) is 6.45. The summed E-state index contributed by atoms with van der Waals surface area (Å²) in [5, 5.41) is 2.97. The van der Waals surface area contributed by atoms with Crippen LogP contribution >= 0.6 is 11.6 Å². The van der Waals surface area contributed by atoms with Gasteiger partial charge in [0.1, 0.15) is 5.82 Å². The monoisotopic (exact) mass is 244 g/mol. The lowest BCUT2D eigenvalue weighted by Crippen LogP contribution is -2.29. The summed E-state index contributed by atoms with van der Waals surface area (Å²) in [6.07, 6.45) is 0.503. The van der Waals surface area contributed by atoms with Crippen molar-refractivity contribution in [1.82, 2.24) is 5.32 Å². The van der Waals surface area contributed by atoms with Crippen LogP contribution < -0.4 is 11.1 Å². The van der Waals surface area contributed by atoms with Gasteiger partial charge in [-0.25, -0.2) is 4.39 Å². The lowest BCUT2D eigenvalue weighted by molar-refractivity contribution is -0.121. The molecule has 1 amide bonds. The average molecular weight is 245 g/mol. The third kappa shape index (κ3) is 3.79. The molecule has 0 aliphatic heterocycles. The van der Waals surface area contributed by atoms with Crippen LogP contribution in [0.5, 0.6) is 0 Å². The molecule has 0 aromatic heterocycles. The minimum atomic E-state index is -0.376. The zero-order chi connectivity index (χ0) is 12.0. The van der Waals surface area contributed by atoms with Crippen LogP contribution in [0.1, 0.15) is 12.0 Å². The van der Waals surface area contributed by atoms with Gasteiger partial charge in [0.2, 0.25) is 5.91 Å². The van der Waals surface area contributed by atoms with Gasteiger partial charge in [0.15, 0.2) is 0 Å². The lowest BCUT2D eigenvalue weighted by atomic mass is 10.1. The van der Waals surface area contributed by atoms with Gasteiger partial charge in [-0.3, -0.25) is 4.79 Å². The highest BCUT2D eigenvalue weighted by Crippen LogP contribution is 2.20. The fraction of sp³-hybridized carbons (Fsp3) is 0.364. The normalized spacial score (nSPS) is 10.2. The number of hydrogen-bond acceptors (Lipinski definition) is 2. The van der Waals surface area contributed by atoms with E-state index in [1.807, 2.05) is 0 Å². The molecule has 0 radical (unpaired) electrons. The standard InChI is InChI=1S/C11H14ClFN2O/c12-9-2-1-3-10(13)8(9)4-5-11(16)15-7-6-14/h1-3H,4-7,14H2,(H,15,16). The van der Waals surface area contributed by atoms with Crippen LogP contribution in [-0.2, 0) is 11.2 Å². The van der Waals surface area contributed by atoms with E-state index in [0.29, 0.717) is 30.1 Å². The number of nitrogens with one attached hydrogen (secondary N) is 1. The maximum absolute atomic E-state index is 13.3. The van der Waals surface area contributed by atoms with E-state index in [1.165, 1.54) is 12.1 Å². The van der Waals surface area contributed by atoms with E-state index in [4.69, 9.17) is 17.3 Å². The predicted octanol–water partition coefficient (Wildman–Crippen LogP) is 1.49. The maximum atomic E-state index is 13.3. The summed E-state index contributed by atoms with van der Waals surface area (Å²) in [5.41, 5.74) is 5.62. The van der Waals surface area contributed by atoms with Crippen LogP contribution in [0.4, 0.5) is 4.39 Å². The number of halogens is 2. The first-order chi connectivity index (χ1) is 7.65. The summed E-state index contributed by atoms with van der Waals surface area (Å²) < 4.78 is 13.3. The molecule has 1 rings (SSSR count). The van der Waals surface area contributed by atoms with Crippen LogP contribution in [0, 0.1) is 5.82 Å². The fourth-order valence-corrected chi connectivity index (χ4v) is 1.57. The van der Waals surface area contributed by atoms with Gasteiger partial charge in [-0.1, -0.05) is 17.7 Å². The third-order valence-corrected chi connectivity index (χ3v) is 2.48. The number of rotatable bonds is 5. The summed E-state index contributed by atoms with van der Waals surface area (Å²) in [6, 6.07) is 4.48. The van der Waals surface area contributed by atoms with Crippen LogP contribution in [0.2, 0.25) is 5.02 Å². The largest absolute Gasteiger partial charge is 0.355 e. The van der Waals surface area contributed by atoms with Crippen molar-refractivity contribution in [2.75, 3.05) is 13.1 Å². The van der Waals surface area contributed by atoms with Gasteiger partial charge in [0.05, 0.1) is 0 Å². The molecule has 0 atom stereocenters. The Morgan fingerprint density at radius 2 is 2.25 bits per heavy atom. The van der Waals surface area contributed by atoms with Crippen molar-refractivity contribution < 1.29 is 9.18 Å². The lowest BCUT2D eigenvalue weighted by Gasteiger charge is -2.06. The molecule has 0 heterocycles. The Morgan fingerprint density at radius 3 is 2.88 bits per heavy atom. The summed E-state index contributed by atoms with van der Waals surface area (Å²) in [5.74, 6) is -0.524. The van der Waals surface area contributed by atoms with Gasteiger partial charge in [0, 0.05) is 30.1 Å². The van der Waals surface area contributed by atoms with Crippen LogP contribution in [0.15, 0.2) is 18.2 Å². The highest BCUT2D eigenvalue weighted by atomic mass is 35.5. The van der Waals surface area contributed by atoms with Crippen LogP contribution in [0.3, 0.4) is 0 Å². The van der Waals surface area contributed by atoms with Crippen molar-refractivity contribution in [2.24, 2.45) is 5.73 Å². The van der Waals surface area contributed by atoms with Gasteiger partial charge < -0.3 is 11.1 Å². The molecular weight excluding hydrogens is 231 g/mol. The molecule has 0 spiro atoms. The van der Waals surface area contributed by atoms with Crippen molar-refractivity contribution in [3.8, 4) is 0 Å². The summed E-state index contributed by atoms with van der Waals surface area (Å²) in [4.78, 5) is 11.3. The Bertz CT molecular complexity index is 351. The number of benzene rings is 1. The fourth-order valence-electron chi connectivity index (χ4n) is 1.31. The van der Waals surface area contributed by atoms with E-state index in [2.05, 4.69) is 5.32 Å². The molecule has 0 unspecified atom stereocenters. The van der Waals surface area contributed by atoms with Gasteiger partial charge in [-0.2, -0.15) is 0 Å². The van der Waals surface area contributed by atoms with Crippen LogP contribution in [-0.4, -0.2) is 19.0 Å². The molecule has 3 N–H and O–H groups in total. The summed E-state index contributed by atoms with van der Waals surface area (Å²) >= 11 is 5.83. The molecule has 0 fully saturated rings. The van der Waals surface area contributed by atoms with Crippen LogP contribution in [0.25, 0.3) is 0 Å². The number of hydrogen-bond donors (Lipinski definition) is 2. The van der Waals surface area contributed by atoms with Crippen molar-refractivity contribution in [3.63, 3.8) is 0 Å². The number of carbonyl (C=O) groups excluding carboxylic acids is 1. The Hall–Kier alpha value is -1.13. The molecule has 1 aromatic rings. The molecule has 1 aromatic carbocycles. The zero-order valence-electron chi connectivity index (χ0n) is 8.80. The van der Waals surface area contributed by atoms with Gasteiger partial charge in [-0.05, 0) is 18.6 Å². The molecule has 16 heavy (non-hydrogen) atoms. The van der Waals surface area contributed by atoms with Crippen molar-refractivity contribution in [3.05, 3.63) is 34.6 Å². The van der Waals surface area contributed by atoms with E-state index in [9.17, 15) is 9.18 Å². The van der Waals surface area contributed by atoms with E-state index in [1.54, 1.807) is 6.07 Å². The smallest absolute Gasteiger partial charge is 0.220 e. The second-order valence-corrected chi connectivity index (χ2v) is 3.75. The van der Waals surface area contributed by atoms with Crippen molar-refractivity contribution >= 4 is 17.5 Å². The minimum Gasteiger partial charge on any atom is -0.355 e. The first kappa shape index (κ1) is 12.9. The molecule has 0 saturated carbocycles. The summed E-state index contributed by atoms with van der Waals surface area (Å²) in [7, 11) is 0. The van der Waals surface area contributed by atoms with Gasteiger partial charge in [-0.15, -0.1) is 0 Å². The maximum Gasteiger partial charge on any atom is 0.220 e. The number of carbonyl (C=O) groups is 1. The molecule has 88 valence electrons. The Balaban J connectivity index is 2.51. The quantitative estimate of drug-likeness (QED) is 0.825. The van der Waals surface area contributed by atoms with E-state index in [0.717, 1.165) is 0 Å². The first-order valence-electron chi connectivity index (χ1n) is 5.05. The first-order valence-corrected chi connectivity index (χ1v) is 5.42. The Kier molecular flexibility index (Phi) is 5.22. The Labute approximate surface area is 98.8 Å². The second-order valence-electron chi connectivity index (χ2n) is 3.34. The van der Waals surface area contributed by atoms with E-state index >= 15 is 0 Å². The molecule has 3 nitrogen and oxygen atoms in total. The van der Waals surface area contributed by atoms with E-state index in [-0.39, 0.29) is 18.1 Å². The van der Waals surface area contributed by atoms with Gasteiger partial charge >= 0.3 is 0 Å². The zero-order valence-corrected chi connectivity index (χ0v) is 9.56. The highest BCUT2D eigenvalue weighted by Gasteiger charge is 2.08. The predicted molar refractivity (Wildman–Crippen MR) is 61.8 cm³/mol. The third-order valence-electron chi connectivity index (χ3n) is 2.13. The number of amides is 1.